The van der Waals surface area contributed by atoms with Gasteiger partial charge in [-0.15, -0.1) is 0 Å². The zero-order valence-electron chi connectivity index (χ0n) is 15.4. The summed E-state index contributed by atoms with van der Waals surface area (Å²) in [7, 11) is 1.60. The summed E-state index contributed by atoms with van der Waals surface area (Å²) >= 11 is 0. The Morgan fingerprint density at radius 2 is 1.73 bits per heavy atom. The van der Waals surface area contributed by atoms with Gasteiger partial charge in [0.2, 0.25) is 11.8 Å². The summed E-state index contributed by atoms with van der Waals surface area (Å²) in [5.41, 5.74) is 7.03. The molecular weight excluding hydrogens is 330 g/mol. The highest BCUT2D eigenvalue weighted by atomic mass is 16.5. The Hall–Kier alpha value is -3.15. The molecule has 2 N–H and O–H groups in total. The average molecular weight is 353 g/mol. The number of amides is 2. The number of benzene rings is 2. The van der Waals surface area contributed by atoms with Crippen molar-refractivity contribution >= 4 is 23.7 Å². The zero-order chi connectivity index (χ0) is 19.1. The normalized spacial score (nSPS) is 10.6. The molecule has 0 aliphatic carbocycles. The van der Waals surface area contributed by atoms with Crippen molar-refractivity contribution in [2.45, 2.75) is 27.2 Å². The Balaban J connectivity index is 1.86. The molecule has 0 saturated heterocycles. The van der Waals surface area contributed by atoms with E-state index in [1.54, 1.807) is 13.2 Å². The summed E-state index contributed by atoms with van der Waals surface area (Å²) in [5, 5.41) is 6.57. The number of rotatable bonds is 6. The van der Waals surface area contributed by atoms with Crippen LogP contribution in [-0.4, -0.2) is 25.1 Å². The van der Waals surface area contributed by atoms with Gasteiger partial charge in [0, 0.05) is 5.69 Å². The van der Waals surface area contributed by atoms with Crippen LogP contribution in [0.5, 0.6) is 5.75 Å². The molecule has 2 amide bonds. The van der Waals surface area contributed by atoms with Crippen LogP contribution in [0.3, 0.4) is 0 Å². The van der Waals surface area contributed by atoms with Crippen LogP contribution >= 0.6 is 0 Å². The van der Waals surface area contributed by atoms with Crippen molar-refractivity contribution in [1.29, 1.82) is 0 Å². The van der Waals surface area contributed by atoms with Gasteiger partial charge in [0.05, 0.1) is 13.3 Å². The minimum atomic E-state index is -0.485. The van der Waals surface area contributed by atoms with Crippen molar-refractivity contribution < 1.29 is 14.3 Å². The Morgan fingerprint density at radius 3 is 2.42 bits per heavy atom. The maximum atomic E-state index is 11.9. The zero-order valence-corrected chi connectivity index (χ0v) is 15.4. The Morgan fingerprint density at radius 1 is 1.00 bits per heavy atom. The van der Waals surface area contributed by atoms with Crippen LogP contribution in [0.4, 0.5) is 5.69 Å². The van der Waals surface area contributed by atoms with Gasteiger partial charge in [-0.2, -0.15) is 5.10 Å². The summed E-state index contributed by atoms with van der Waals surface area (Å²) in [4.78, 5) is 23.8. The van der Waals surface area contributed by atoms with Crippen LogP contribution in [0.15, 0.2) is 41.5 Å². The minimum Gasteiger partial charge on any atom is -0.496 e. The van der Waals surface area contributed by atoms with Gasteiger partial charge in [0.15, 0.2) is 0 Å². The molecule has 0 saturated carbocycles. The molecule has 0 radical (unpaired) electrons. The number of methoxy groups -OCH3 is 1. The first kappa shape index (κ1) is 19.2. The molecule has 0 aromatic heterocycles. The quantitative estimate of drug-likeness (QED) is 0.476. The van der Waals surface area contributed by atoms with Crippen molar-refractivity contribution in [3.05, 3.63) is 58.7 Å². The van der Waals surface area contributed by atoms with E-state index in [1.807, 2.05) is 51.1 Å². The van der Waals surface area contributed by atoms with E-state index < -0.39 is 11.8 Å². The molecule has 0 bridgehead atoms. The van der Waals surface area contributed by atoms with Gasteiger partial charge in [0.1, 0.15) is 12.2 Å². The Kier molecular flexibility index (Phi) is 6.49. The number of aryl methyl sites for hydroxylation is 3. The van der Waals surface area contributed by atoms with Gasteiger partial charge < -0.3 is 10.1 Å². The number of carbonyl (C=O) groups is 2. The molecule has 0 atom stereocenters. The maximum absolute atomic E-state index is 11.9. The van der Waals surface area contributed by atoms with Crippen LogP contribution in [0, 0.1) is 20.8 Å². The Labute approximate surface area is 153 Å². The van der Waals surface area contributed by atoms with E-state index >= 15 is 0 Å². The van der Waals surface area contributed by atoms with Gasteiger partial charge in [-0.05, 0) is 61.2 Å². The lowest BCUT2D eigenvalue weighted by molar-refractivity contribution is -0.126. The van der Waals surface area contributed by atoms with Crippen molar-refractivity contribution in [3.8, 4) is 5.75 Å². The summed E-state index contributed by atoms with van der Waals surface area (Å²) < 4.78 is 5.24. The van der Waals surface area contributed by atoms with E-state index in [0.717, 1.165) is 28.0 Å². The van der Waals surface area contributed by atoms with E-state index in [2.05, 4.69) is 15.8 Å². The molecule has 0 fully saturated rings. The second-order valence-corrected chi connectivity index (χ2v) is 6.05. The van der Waals surface area contributed by atoms with Gasteiger partial charge >= 0.3 is 0 Å². The third-order valence-electron chi connectivity index (χ3n) is 3.95. The molecule has 136 valence electrons. The molecular formula is C20H23N3O3. The fraction of sp³-hybridized carbons (Fsp3) is 0.250. The number of nitrogens with one attached hydrogen (secondary N) is 2. The number of anilines is 1. The summed E-state index contributed by atoms with van der Waals surface area (Å²) in [6.45, 7) is 5.90. The van der Waals surface area contributed by atoms with Crippen LogP contribution < -0.4 is 15.5 Å². The Bertz CT molecular complexity index is 844. The molecule has 0 unspecified atom stereocenters. The molecule has 6 heteroatoms. The van der Waals surface area contributed by atoms with Crippen LogP contribution in [0.2, 0.25) is 0 Å². The molecule has 2 aromatic rings. The number of hydrazone groups is 1. The molecule has 6 nitrogen and oxygen atoms in total. The lowest BCUT2D eigenvalue weighted by Crippen LogP contribution is -2.24. The predicted molar refractivity (Wildman–Crippen MR) is 103 cm³/mol. The van der Waals surface area contributed by atoms with Gasteiger partial charge in [-0.25, -0.2) is 5.43 Å². The number of carbonyl (C=O) groups excluding carboxylic acids is 2. The molecule has 2 aromatic carbocycles. The lowest BCUT2D eigenvalue weighted by atomic mass is 10.1. The first-order valence-corrected chi connectivity index (χ1v) is 8.22. The summed E-state index contributed by atoms with van der Waals surface area (Å²) in [5.74, 6) is -0.132. The summed E-state index contributed by atoms with van der Waals surface area (Å²) in [6, 6.07) is 11.2. The highest BCUT2D eigenvalue weighted by Crippen LogP contribution is 2.17. The molecule has 0 heterocycles. The topological polar surface area (TPSA) is 79.8 Å². The highest BCUT2D eigenvalue weighted by molar-refractivity contribution is 6.03. The number of hydrogen-bond acceptors (Lipinski definition) is 4. The van der Waals surface area contributed by atoms with Gasteiger partial charge in [-0.1, -0.05) is 18.2 Å². The monoisotopic (exact) mass is 353 g/mol. The minimum absolute atomic E-state index is 0.304. The number of ether oxygens (including phenoxy) is 1. The van der Waals surface area contributed by atoms with E-state index in [1.165, 1.54) is 6.21 Å². The van der Waals surface area contributed by atoms with Crippen molar-refractivity contribution in [1.82, 2.24) is 5.43 Å². The van der Waals surface area contributed by atoms with Gasteiger partial charge in [-0.3, -0.25) is 9.59 Å². The third-order valence-corrected chi connectivity index (χ3v) is 3.95. The smallest absolute Gasteiger partial charge is 0.249 e. The largest absolute Gasteiger partial charge is 0.496 e. The average Bonchev–Trinajstić information content (AvgIpc) is 2.59. The summed E-state index contributed by atoms with van der Waals surface area (Å²) in [6.07, 6.45) is 1.20. The molecule has 0 spiro atoms. The second kappa shape index (κ2) is 8.80. The maximum Gasteiger partial charge on any atom is 0.249 e. The van der Waals surface area contributed by atoms with Crippen LogP contribution in [-0.2, 0) is 9.59 Å². The number of hydrogen-bond donors (Lipinski definition) is 2. The second-order valence-electron chi connectivity index (χ2n) is 6.05. The van der Waals surface area contributed by atoms with E-state index in [0.29, 0.717) is 5.69 Å². The first-order valence-electron chi connectivity index (χ1n) is 8.22. The van der Waals surface area contributed by atoms with Gasteiger partial charge in [0.25, 0.3) is 0 Å². The van der Waals surface area contributed by atoms with Crippen molar-refractivity contribution in [3.63, 3.8) is 0 Å². The van der Waals surface area contributed by atoms with E-state index in [-0.39, 0.29) is 6.42 Å². The first-order chi connectivity index (χ1) is 12.4. The molecule has 0 aliphatic heterocycles. The van der Waals surface area contributed by atoms with Crippen molar-refractivity contribution in [2.75, 3.05) is 12.4 Å². The van der Waals surface area contributed by atoms with Crippen LogP contribution in [0.25, 0.3) is 0 Å². The lowest BCUT2D eigenvalue weighted by Gasteiger charge is -2.07. The molecule has 2 rings (SSSR count). The predicted octanol–water partition coefficient (Wildman–Crippen LogP) is 3.10. The third kappa shape index (κ3) is 5.44. The molecule has 26 heavy (non-hydrogen) atoms. The highest BCUT2D eigenvalue weighted by Gasteiger charge is 2.09. The fourth-order valence-corrected chi connectivity index (χ4v) is 2.31. The number of nitrogens with zero attached hydrogens (tertiary/aromatic N) is 1. The van der Waals surface area contributed by atoms with Crippen LogP contribution in [0.1, 0.15) is 28.7 Å². The standard InChI is InChI=1S/C20H23N3O3/c1-13-6-8-17(9-15(13)3)22-19(24)11-20(25)23-21-12-16-7-5-14(2)18(10-16)26-4/h5-10,12H,11H2,1-4H3,(H,22,24)(H,23,25). The fourth-order valence-electron chi connectivity index (χ4n) is 2.31. The van der Waals surface area contributed by atoms with E-state index in [9.17, 15) is 9.59 Å². The van der Waals surface area contributed by atoms with E-state index in [4.69, 9.17) is 4.74 Å². The SMILES string of the molecule is COc1cc(C=NNC(=O)CC(=O)Nc2ccc(C)c(C)c2)ccc1C. The molecule has 0 aliphatic rings. The van der Waals surface area contributed by atoms with Crippen molar-refractivity contribution in [2.24, 2.45) is 5.10 Å².